The molecule has 96 valence electrons. The van der Waals surface area contributed by atoms with Crippen LogP contribution in [0.5, 0.6) is 0 Å². The van der Waals surface area contributed by atoms with Gasteiger partial charge in [0.1, 0.15) is 11.6 Å². The molecule has 0 heterocycles. The second-order valence-electron chi connectivity index (χ2n) is 4.80. The summed E-state index contributed by atoms with van der Waals surface area (Å²) in [5.41, 5.74) is 5.95. The largest absolute Gasteiger partial charge is 0.330 e. The summed E-state index contributed by atoms with van der Waals surface area (Å²) >= 11 is 0. The normalized spacial score (nSPS) is 13.1. The number of unbranched alkanes of at least 4 members (excludes halogenated alkanes) is 1. The Labute approximate surface area is 102 Å². The fourth-order valence-electron chi connectivity index (χ4n) is 2.16. The quantitative estimate of drug-likeness (QED) is 0.752. The lowest BCUT2D eigenvalue weighted by Crippen LogP contribution is -2.10. The summed E-state index contributed by atoms with van der Waals surface area (Å²) in [7, 11) is 0. The minimum absolute atomic E-state index is 0.0669. The molecule has 0 spiro atoms. The van der Waals surface area contributed by atoms with Crippen LogP contribution >= 0.6 is 0 Å². The van der Waals surface area contributed by atoms with Crippen molar-refractivity contribution in [2.45, 2.75) is 39.0 Å². The van der Waals surface area contributed by atoms with Crippen LogP contribution in [0.1, 0.15) is 44.6 Å². The monoisotopic (exact) mass is 241 g/mol. The Kier molecular flexibility index (Phi) is 5.56. The average Bonchev–Trinajstić information content (AvgIpc) is 2.28. The first-order valence-corrected chi connectivity index (χ1v) is 6.21. The molecule has 0 aliphatic carbocycles. The van der Waals surface area contributed by atoms with E-state index in [4.69, 9.17) is 5.73 Å². The van der Waals surface area contributed by atoms with Crippen LogP contribution in [-0.2, 0) is 0 Å². The number of benzene rings is 1. The van der Waals surface area contributed by atoms with Crippen molar-refractivity contribution in [2.75, 3.05) is 6.54 Å². The van der Waals surface area contributed by atoms with E-state index in [9.17, 15) is 8.78 Å². The van der Waals surface area contributed by atoms with E-state index in [-0.39, 0.29) is 17.6 Å². The van der Waals surface area contributed by atoms with Gasteiger partial charge in [-0.2, -0.15) is 0 Å². The van der Waals surface area contributed by atoms with E-state index >= 15 is 0 Å². The molecule has 1 nitrogen and oxygen atoms in total. The fourth-order valence-corrected chi connectivity index (χ4v) is 2.16. The number of hydrogen-bond acceptors (Lipinski definition) is 1. The van der Waals surface area contributed by atoms with Crippen molar-refractivity contribution in [1.82, 2.24) is 0 Å². The molecule has 1 aromatic rings. The second kappa shape index (κ2) is 6.70. The lowest BCUT2D eigenvalue weighted by Gasteiger charge is -2.22. The molecule has 2 N–H and O–H groups in total. The maximum absolute atomic E-state index is 13.7. The van der Waals surface area contributed by atoms with E-state index < -0.39 is 0 Å². The summed E-state index contributed by atoms with van der Waals surface area (Å²) < 4.78 is 26.9. The van der Waals surface area contributed by atoms with Crippen molar-refractivity contribution in [3.8, 4) is 0 Å². The first-order chi connectivity index (χ1) is 8.06. The molecule has 17 heavy (non-hydrogen) atoms. The van der Waals surface area contributed by atoms with Gasteiger partial charge in [-0.15, -0.1) is 0 Å². The Hall–Kier alpha value is -0.960. The number of rotatable bonds is 6. The van der Waals surface area contributed by atoms with Crippen LogP contribution in [0.3, 0.4) is 0 Å². The summed E-state index contributed by atoms with van der Waals surface area (Å²) in [6.45, 7) is 4.73. The minimum atomic E-state index is -0.370. The zero-order valence-electron chi connectivity index (χ0n) is 10.5. The van der Waals surface area contributed by atoms with Crippen molar-refractivity contribution in [2.24, 2.45) is 11.7 Å². The second-order valence-corrected chi connectivity index (χ2v) is 4.80. The van der Waals surface area contributed by atoms with Gasteiger partial charge >= 0.3 is 0 Å². The first kappa shape index (κ1) is 14.1. The third kappa shape index (κ3) is 4.08. The zero-order chi connectivity index (χ0) is 12.8. The molecule has 0 aliphatic rings. The van der Waals surface area contributed by atoms with Gasteiger partial charge in [0.2, 0.25) is 0 Å². The molecular weight excluding hydrogens is 220 g/mol. The molecule has 0 aromatic heterocycles. The van der Waals surface area contributed by atoms with Crippen LogP contribution in [0, 0.1) is 17.6 Å². The number of nitrogens with two attached hydrogens (primary N) is 1. The van der Waals surface area contributed by atoms with Crippen molar-refractivity contribution in [3.63, 3.8) is 0 Å². The summed E-state index contributed by atoms with van der Waals surface area (Å²) in [5.74, 6) is -0.315. The summed E-state index contributed by atoms with van der Waals surface area (Å²) in [6.07, 6.45) is 2.74. The Morgan fingerprint density at radius 3 is 2.47 bits per heavy atom. The molecule has 1 rings (SSSR count). The highest BCUT2D eigenvalue weighted by atomic mass is 19.1. The fraction of sp³-hybridized carbons (Fsp3) is 0.571. The third-order valence-electron chi connectivity index (χ3n) is 3.13. The molecule has 0 radical (unpaired) electrons. The molecule has 0 aliphatic heterocycles. The molecule has 0 amide bonds. The highest BCUT2D eigenvalue weighted by Gasteiger charge is 2.19. The average molecular weight is 241 g/mol. The Bertz CT molecular complexity index is 350. The molecule has 0 saturated heterocycles. The standard InChI is InChI=1S/C14H21F2N/c1-10(2)12(5-3-4-8-17)13-9-11(15)6-7-14(13)16/h6-7,9-10,12H,3-5,8,17H2,1-2H3. The van der Waals surface area contributed by atoms with Crippen molar-refractivity contribution < 1.29 is 8.78 Å². The Balaban J connectivity index is 2.85. The summed E-state index contributed by atoms with van der Waals surface area (Å²) in [4.78, 5) is 0. The van der Waals surface area contributed by atoms with Gasteiger partial charge in [-0.05, 0) is 55.0 Å². The van der Waals surface area contributed by atoms with Gasteiger partial charge in [0, 0.05) is 0 Å². The van der Waals surface area contributed by atoms with Gasteiger partial charge in [-0.3, -0.25) is 0 Å². The maximum atomic E-state index is 13.7. The highest BCUT2D eigenvalue weighted by Crippen LogP contribution is 2.31. The van der Waals surface area contributed by atoms with Crippen LogP contribution in [0.15, 0.2) is 18.2 Å². The van der Waals surface area contributed by atoms with Crippen LogP contribution in [0.2, 0.25) is 0 Å². The molecule has 0 saturated carbocycles. The Morgan fingerprint density at radius 2 is 1.88 bits per heavy atom. The smallest absolute Gasteiger partial charge is 0.126 e. The Morgan fingerprint density at radius 1 is 1.18 bits per heavy atom. The summed E-state index contributed by atoms with van der Waals surface area (Å²) in [5, 5.41) is 0. The zero-order valence-corrected chi connectivity index (χ0v) is 10.5. The number of halogens is 2. The van der Waals surface area contributed by atoms with Gasteiger partial charge in [-0.1, -0.05) is 20.3 Å². The van der Waals surface area contributed by atoms with Gasteiger partial charge in [0.05, 0.1) is 0 Å². The molecule has 0 bridgehead atoms. The highest BCUT2D eigenvalue weighted by molar-refractivity contribution is 5.23. The van der Waals surface area contributed by atoms with E-state index in [1.807, 2.05) is 13.8 Å². The predicted octanol–water partition coefficient (Wildman–Crippen LogP) is 3.83. The van der Waals surface area contributed by atoms with Crippen molar-refractivity contribution in [1.29, 1.82) is 0 Å². The van der Waals surface area contributed by atoms with Crippen molar-refractivity contribution >= 4 is 0 Å². The van der Waals surface area contributed by atoms with E-state index in [2.05, 4.69) is 0 Å². The molecule has 3 heteroatoms. The lowest BCUT2D eigenvalue weighted by molar-refractivity contribution is 0.429. The molecule has 1 unspecified atom stereocenters. The lowest BCUT2D eigenvalue weighted by atomic mass is 9.84. The van der Waals surface area contributed by atoms with E-state index in [0.29, 0.717) is 18.0 Å². The van der Waals surface area contributed by atoms with Gasteiger partial charge in [-0.25, -0.2) is 8.78 Å². The van der Waals surface area contributed by atoms with Crippen LogP contribution in [0.4, 0.5) is 8.78 Å². The van der Waals surface area contributed by atoms with Gasteiger partial charge in [0.15, 0.2) is 0 Å². The maximum Gasteiger partial charge on any atom is 0.126 e. The van der Waals surface area contributed by atoms with E-state index in [0.717, 1.165) is 25.3 Å². The molecular formula is C14H21F2N. The molecule has 1 atom stereocenters. The molecule has 1 aromatic carbocycles. The summed E-state index contributed by atoms with van der Waals surface area (Å²) in [6, 6.07) is 3.70. The van der Waals surface area contributed by atoms with Crippen molar-refractivity contribution in [3.05, 3.63) is 35.4 Å². The van der Waals surface area contributed by atoms with Gasteiger partial charge < -0.3 is 5.73 Å². The van der Waals surface area contributed by atoms with Crippen LogP contribution in [-0.4, -0.2) is 6.54 Å². The predicted molar refractivity (Wildman–Crippen MR) is 66.8 cm³/mol. The van der Waals surface area contributed by atoms with E-state index in [1.165, 1.54) is 12.1 Å². The van der Waals surface area contributed by atoms with Crippen LogP contribution < -0.4 is 5.73 Å². The number of hydrogen-bond donors (Lipinski definition) is 1. The topological polar surface area (TPSA) is 26.0 Å². The minimum Gasteiger partial charge on any atom is -0.330 e. The third-order valence-corrected chi connectivity index (χ3v) is 3.13. The SMILES string of the molecule is CC(C)C(CCCCN)c1cc(F)ccc1F. The molecule has 0 fully saturated rings. The van der Waals surface area contributed by atoms with Gasteiger partial charge in [0.25, 0.3) is 0 Å². The van der Waals surface area contributed by atoms with E-state index in [1.54, 1.807) is 0 Å². The van der Waals surface area contributed by atoms with Crippen LogP contribution in [0.25, 0.3) is 0 Å². The first-order valence-electron chi connectivity index (χ1n) is 6.21.